The van der Waals surface area contributed by atoms with E-state index in [4.69, 9.17) is 4.98 Å². The molecule has 6 nitrogen and oxygen atoms in total. The average Bonchev–Trinajstić information content (AvgIpc) is 3.04. The number of hydrogen-bond acceptors (Lipinski definition) is 4. The highest BCUT2D eigenvalue weighted by Crippen LogP contribution is 2.22. The van der Waals surface area contributed by atoms with Gasteiger partial charge in [0.05, 0.1) is 0 Å². The largest absolute Gasteiger partial charge is 0.354 e. The molecule has 1 N–H and O–H groups in total. The molecular weight excluding hydrogens is 338 g/mol. The molecule has 27 heavy (non-hydrogen) atoms. The Labute approximate surface area is 159 Å². The van der Waals surface area contributed by atoms with Gasteiger partial charge in [-0.1, -0.05) is 12.1 Å². The normalized spacial score (nSPS) is 15.3. The van der Waals surface area contributed by atoms with Crippen molar-refractivity contribution in [1.29, 1.82) is 0 Å². The molecular formula is C21H25N5O. The fourth-order valence-electron chi connectivity index (χ4n) is 3.52. The van der Waals surface area contributed by atoms with E-state index in [2.05, 4.69) is 29.1 Å². The number of piperazine rings is 1. The van der Waals surface area contributed by atoms with Crippen LogP contribution < -0.4 is 10.2 Å². The summed E-state index contributed by atoms with van der Waals surface area (Å²) in [6.07, 6.45) is 2.00. The molecule has 1 aliphatic heterocycles. The van der Waals surface area contributed by atoms with Gasteiger partial charge in [-0.15, -0.1) is 0 Å². The minimum absolute atomic E-state index is 0.140. The third-order valence-corrected chi connectivity index (χ3v) is 5.26. The highest BCUT2D eigenvalue weighted by Gasteiger charge is 2.18. The number of carbonyl (C=O) groups excluding carboxylic acids is 1. The van der Waals surface area contributed by atoms with E-state index in [1.54, 1.807) is 0 Å². The Hall–Kier alpha value is -2.86. The number of fused-ring (bicyclic) bond motifs is 1. The summed E-state index contributed by atoms with van der Waals surface area (Å²) in [7, 11) is 4.12. The zero-order chi connectivity index (χ0) is 19.0. The standard InChI is InChI=1S/C21H25N5O/c1-15-4-7-19(22-20(15)26-12-10-24(2)11-13-26)23-21(27)17-6-5-16-8-9-25(3)18(16)14-17/h4-9,14H,10-13H2,1-3H3,(H,22,23,27). The van der Waals surface area contributed by atoms with Gasteiger partial charge in [-0.2, -0.15) is 0 Å². The second-order valence-corrected chi connectivity index (χ2v) is 7.28. The minimum atomic E-state index is -0.140. The van der Waals surface area contributed by atoms with Crippen LogP contribution in [0.25, 0.3) is 10.9 Å². The van der Waals surface area contributed by atoms with E-state index in [-0.39, 0.29) is 5.91 Å². The van der Waals surface area contributed by atoms with Crippen LogP contribution in [0.2, 0.25) is 0 Å². The maximum atomic E-state index is 12.7. The summed E-state index contributed by atoms with van der Waals surface area (Å²) in [5.74, 6) is 1.41. The second-order valence-electron chi connectivity index (χ2n) is 7.28. The molecule has 2 aromatic heterocycles. The molecule has 0 radical (unpaired) electrons. The molecule has 0 aliphatic carbocycles. The van der Waals surface area contributed by atoms with Crippen LogP contribution in [-0.2, 0) is 7.05 Å². The van der Waals surface area contributed by atoms with Crippen LogP contribution in [0.15, 0.2) is 42.6 Å². The smallest absolute Gasteiger partial charge is 0.256 e. The molecule has 3 heterocycles. The monoisotopic (exact) mass is 363 g/mol. The summed E-state index contributed by atoms with van der Waals surface area (Å²) in [5, 5.41) is 4.08. The van der Waals surface area contributed by atoms with Crippen molar-refractivity contribution < 1.29 is 4.79 Å². The summed E-state index contributed by atoms with van der Waals surface area (Å²) in [6, 6.07) is 11.7. The molecule has 0 atom stereocenters. The number of nitrogens with zero attached hydrogens (tertiary/aromatic N) is 4. The first-order valence-electron chi connectivity index (χ1n) is 9.29. The molecule has 1 fully saturated rings. The summed E-state index contributed by atoms with van der Waals surface area (Å²) in [6.45, 7) is 6.01. The Kier molecular flexibility index (Phi) is 4.58. The fourth-order valence-corrected chi connectivity index (χ4v) is 3.52. The third kappa shape index (κ3) is 3.53. The lowest BCUT2D eigenvalue weighted by Gasteiger charge is -2.34. The molecule has 0 saturated carbocycles. The van der Waals surface area contributed by atoms with Crippen molar-refractivity contribution in [2.24, 2.45) is 7.05 Å². The number of likely N-dealkylation sites (N-methyl/N-ethyl adjacent to an activating group) is 1. The van der Waals surface area contributed by atoms with E-state index in [0.717, 1.165) is 48.5 Å². The lowest BCUT2D eigenvalue weighted by Crippen LogP contribution is -2.45. The van der Waals surface area contributed by atoms with Gasteiger partial charge in [-0.05, 0) is 49.2 Å². The number of carbonyl (C=O) groups is 1. The Bertz CT molecular complexity index is 985. The van der Waals surface area contributed by atoms with Crippen LogP contribution in [0.1, 0.15) is 15.9 Å². The summed E-state index contributed by atoms with van der Waals surface area (Å²) < 4.78 is 2.02. The van der Waals surface area contributed by atoms with E-state index in [0.29, 0.717) is 11.4 Å². The predicted molar refractivity (Wildman–Crippen MR) is 110 cm³/mol. The van der Waals surface area contributed by atoms with Gasteiger partial charge in [-0.3, -0.25) is 4.79 Å². The van der Waals surface area contributed by atoms with Crippen LogP contribution >= 0.6 is 0 Å². The molecule has 6 heteroatoms. The number of hydrogen-bond donors (Lipinski definition) is 1. The topological polar surface area (TPSA) is 53.4 Å². The first-order chi connectivity index (χ1) is 13.0. The van der Waals surface area contributed by atoms with Crippen molar-refractivity contribution in [3.05, 3.63) is 53.7 Å². The molecule has 140 valence electrons. The van der Waals surface area contributed by atoms with Crippen LogP contribution in [0.3, 0.4) is 0 Å². The maximum absolute atomic E-state index is 12.7. The molecule has 0 spiro atoms. The molecule has 1 aliphatic rings. The van der Waals surface area contributed by atoms with Crippen molar-refractivity contribution in [3.8, 4) is 0 Å². The van der Waals surface area contributed by atoms with E-state index in [1.165, 1.54) is 0 Å². The zero-order valence-corrected chi connectivity index (χ0v) is 16.1. The Morgan fingerprint density at radius 3 is 2.59 bits per heavy atom. The number of nitrogens with one attached hydrogen (secondary N) is 1. The zero-order valence-electron chi connectivity index (χ0n) is 16.1. The number of rotatable bonds is 3. The van der Waals surface area contributed by atoms with Crippen LogP contribution in [-0.4, -0.2) is 53.6 Å². The van der Waals surface area contributed by atoms with Crippen LogP contribution in [0.4, 0.5) is 11.6 Å². The van der Waals surface area contributed by atoms with Gasteiger partial charge in [0.2, 0.25) is 0 Å². The highest BCUT2D eigenvalue weighted by atomic mass is 16.1. The minimum Gasteiger partial charge on any atom is -0.354 e. The second kappa shape index (κ2) is 7.04. The number of aryl methyl sites for hydroxylation is 2. The molecule has 1 aromatic carbocycles. The van der Waals surface area contributed by atoms with E-state index in [9.17, 15) is 4.79 Å². The Balaban J connectivity index is 1.55. The van der Waals surface area contributed by atoms with Gasteiger partial charge in [0.25, 0.3) is 5.91 Å². The SMILES string of the molecule is Cc1ccc(NC(=O)c2ccc3ccn(C)c3c2)nc1N1CCN(C)CC1. The van der Waals surface area contributed by atoms with Gasteiger partial charge in [0.15, 0.2) is 0 Å². The maximum Gasteiger partial charge on any atom is 0.256 e. The first kappa shape index (κ1) is 17.5. The number of anilines is 2. The Morgan fingerprint density at radius 2 is 1.81 bits per heavy atom. The van der Waals surface area contributed by atoms with Gasteiger partial charge in [0.1, 0.15) is 11.6 Å². The third-order valence-electron chi connectivity index (χ3n) is 5.26. The number of benzene rings is 1. The summed E-state index contributed by atoms with van der Waals surface area (Å²) >= 11 is 0. The first-order valence-corrected chi connectivity index (χ1v) is 9.29. The average molecular weight is 363 g/mol. The van der Waals surface area contributed by atoms with Gasteiger partial charge >= 0.3 is 0 Å². The van der Waals surface area contributed by atoms with E-state index in [1.807, 2.05) is 54.2 Å². The van der Waals surface area contributed by atoms with Gasteiger partial charge in [0, 0.05) is 50.5 Å². The van der Waals surface area contributed by atoms with Crippen LogP contribution in [0.5, 0.6) is 0 Å². The molecule has 4 rings (SSSR count). The van der Waals surface area contributed by atoms with Crippen molar-refractivity contribution in [2.75, 3.05) is 43.4 Å². The molecule has 1 amide bonds. The molecule has 0 bridgehead atoms. The van der Waals surface area contributed by atoms with Crippen molar-refractivity contribution >= 4 is 28.4 Å². The highest BCUT2D eigenvalue weighted by molar-refractivity contribution is 6.05. The summed E-state index contributed by atoms with van der Waals surface area (Å²) in [4.78, 5) is 22.1. The predicted octanol–water partition coefficient (Wildman–Crippen LogP) is 2.89. The fraction of sp³-hybridized carbons (Fsp3) is 0.333. The molecule has 3 aromatic rings. The summed E-state index contributed by atoms with van der Waals surface area (Å²) in [5.41, 5.74) is 2.80. The number of amides is 1. The number of pyridine rings is 1. The van der Waals surface area contributed by atoms with Crippen molar-refractivity contribution in [2.45, 2.75) is 6.92 Å². The Morgan fingerprint density at radius 1 is 1.04 bits per heavy atom. The van der Waals surface area contributed by atoms with Crippen molar-refractivity contribution in [1.82, 2.24) is 14.5 Å². The lowest BCUT2D eigenvalue weighted by molar-refractivity contribution is 0.102. The van der Waals surface area contributed by atoms with Gasteiger partial charge in [-0.25, -0.2) is 4.98 Å². The molecule has 1 saturated heterocycles. The van der Waals surface area contributed by atoms with Crippen molar-refractivity contribution in [3.63, 3.8) is 0 Å². The number of aromatic nitrogens is 2. The lowest BCUT2D eigenvalue weighted by atomic mass is 10.1. The quantitative estimate of drug-likeness (QED) is 0.777. The van der Waals surface area contributed by atoms with E-state index < -0.39 is 0 Å². The van der Waals surface area contributed by atoms with E-state index >= 15 is 0 Å². The van der Waals surface area contributed by atoms with Gasteiger partial charge < -0.3 is 19.7 Å². The van der Waals surface area contributed by atoms with Crippen LogP contribution in [0, 0.1) is 6.92 Å². The molecule has 0 unspecified atom stereocenters.